The lowest BCUT2D eigenvalue weighted by atomic mass is 9.71. The molecule has 1 heterocycles. The monoisotopic (exact) mass is 162 g/mol. The molecule has 1 aliphatic heterocycles. The van der Waals surface area contributed by atoms with E-state index in [1.54, 1.807) is 18.4 Å². The summed E-state index contributed by atoms with van der Waals surface area (Å²) in [5.74, 6) is 0. The second kappa shape index (κ2) is 3.92. The van der Waals surface area contributed by atoms with E-state index in [1.165, 1.54) is 0 Å². The van der Waals surface area contributed by atoms with Crippen LogP contribution >= 0.6 is 0 Å². The average molecular weight is 162 g/mol. The number of nitrogens with zero attached hydrogens (tertiary/aromatic N) is 1. The normalized spacial score (nSPS) is 17.0. The molecule has 0 spiro atoms. The minimum Gasteiger partial charge on any atom is -0.428 e. The van der Waals surface area contributed by atoms with Crippen molar-refractivity contribution in [2.45, 2.75) is 6.92 Å². The van der Waals surface area contributed by atoms with Crippen molar-refractivity contribution in [2.75, 3.05) is 0 Å². The van der Waals surface area contributed by atoms with Gasteiger partial charge in [-0.15, -0.1) is 0 Å². The number of rotatable bonds is 2. The van der Waals surface area contributed by atoms with Crippen LogP contribution < -0.4 is 5.34 Å². The summed E-state index contributed by atoms with van der Waals surface area (Å²) in [5.41, 5.74) is 1.78. The molecule has 1 aliphatic rings. The molecule has 0 fully saturated rings. The molecule has 0 aliphatic carbocycles. The highest BCUT2D eigenvalue weighted by molar-refractivity contribution is 6.58. The van der Waals surface area contributed by atoms with Gasteiger partial charge in [0.05, 0.1) is 0 Å². The second-order valence-electron chi connectivity index (χ2n) is 2.52. The van der Waals surface area contributed by atoms with E-state index in [9.17, 15) is 5.02 Å². The van der Waals surface area contributed by atoms with Gasteiger partial charge in [-0.25, -0.2) is 0 Å². The summed E-state index contributed by atoms with van der Waals surface area (Å²) >= 11 is 0. The number of hydrogen-bond donors (Lipinski definition) is 2. The highest BCUT2D eigenvalue weighted by Gasteiger charge is 2.19. The van der Waals surface area contributed by atoms with Crippen LogP contribution in [0.4, 0.5) is 0 Å². The Morgan fingerprint density at radius 3 is 3.08 bits per heavy atom. The van der Waals surface area contributed by atoms with Crippen molar-refractivity contribution in [2.24, 2.45) is 5.10 Å². The first-order chi connectivity index (χ1) is 5.75. The maximum atomic E-state index is 9.40. The van der Waals surface area contributed by atoms with Gasteiger partial charge in [-0.1, -0.05) is 24.8 Å². The fourth-order valence-corrected chi connectivity index (χ4v) is 0.959. The van der Waals surface area contributed by atoms with Crippen LogP contribution in [-0.2, 0) is 0 Å². The molecule has 3 nitrogen and oxygen atoms in total. The van der Waals surface area contributed by atoms with E-state index in [1.807, 2.05) is 13.0 Å². The van der Waals surface area contributed by atoms with Crippen molar-refractivity contribution in [3.05, 3.63) is 35.9 Å². The topological polar surface area (TPSA) is 44.6 Å². The number of hydrazone groups is 1. The summed E-state index contributed by atoms with van der Waals surface area (Å²) in [6, 6.07) is 0. The quantitative estimate of drug-likeness (QED) is 0.462. The molecule has 0 unspecified atom stereocenters. The lowest BCUT2D eigenvalue weighted by molar-refractivity contribution is 0.560. The molecule has 0 saturated heterocycles. The van der Waals surface area contributed by atoms with E-state index < -0.39 is 7.05 Å². The molecule has 12 heavy (non-hydrogen) atoms. The van der Waals surface area contributed by atoms with Gasteiger partial charge in [0.15, 0.2) is 0 Å². The molecule has 0 saturated carbocycles. The zero-order valence-corrected chi connectivity index (χ0v) is 6.99. The first-order valence-corrected chi connectivity index (χ1v) is 3.72. The van der Waals surface area contributed by atoms with Gasteiger partial charge in [0.1, 0.15) is 0 Å². The molecule has 0 amide bonds. The lowest BCUT2D eigenvalue weighted by Crippen LogP contribution is -2.35. The number of hydrogen-bond acceptors (Lipinski definition) is 3. The Kier molecular flexibility index (Phi) is 2.88. The zero-order chi connectivity index (χ0) is 8.97. The molecular formula is C8H11BN2O. The smallest absolute Gasteiger partial charge is 0.428 e. The van der Waals surface area contributed by atoms with Crippen molar-refractivity contribution in [3.63, 3.8) is 0 Å². The highest BCUT2D eigenvalue weighted by Crippen LogP contribution is 2.08. The summed E-state index contributed by atoms with van der Waals surface area (Å²) < 4.78 is 0. The summed E-state index contributed by atoms with van der Waals surface area (Å²) in [7, 11) is -0.703. The Balaban J connectivity index is 2.88. The third kappa shape index (κ3) is 1.86. The van der Waals surface area contributed by atoms with Crippen LogP contribution in [-0.4, -0.2) is 18.3 Å². The second-order valence-corrected chi connectivity index (χ2v) is 2.52. The summed E-state index contributed by atoms with van der Waals surface area (Å²) in [6.07, 6.45) is 6.93. The maximum Gasteiger partial charge on any atom is 0.463 e. The van der Waals surface area contributed by atoms with Crippen molar-refractivity contribution in [3.8, 4) is 0 Å². The van der Waals surface area contributed by atoms with E-state index in [0.717, 1.165) is 11.0 Å². The molecule has 0 aromatic carbocycles. The van der Waals surface area contributed by atoms with E-state index in [-0.39, 0.29) is 0 Å². The predicted molar refractivity (Wildman–Crippen MR) is 51.6 cm³/mol. The van der Waals surface area contributed by atoms with Crippen LogP contribution in [0.5, 0.6) is 0 Å². The van der Waals surface area contributed by atoms with E-state index in [2.05, 4.69) is 17.0 Å². The number of nitrogens with one attached hydrogen (secondary N) is 1. The van der Waals surface area contributed by atoms with Gasteiger partial charge in [-0.05, 0) is 18.0 Å². The van der Waals surface area contributed by atoms with Crippen LogP contribution in [0.3, 0.4) is 0 Å². The minimum atomic E-state index is -0.703. The van der Waals surface area contributed by atoms with Gasteiger partial charge < -0.3 is 10.4 Å². The lowest BCUT2D eigenvalue weighted by Gasteiger charge is -2.12. The van der Waals surface area contributed by atoms with Crippen molar-refractivity contribution in [1.29, 1.82) is 0 Å². The van der Waals surface area contributed by atoms with Gasteiger partial charge >= 0.3 is 7.05 Å². The summed E-state index contributed by atoms with van der Waals surface area (Å²) in [6.45, 7) is 5.45. The molecule has 2 N–H and O–H groups in total. The van der Waals surface area contributed by atoms with E-state index in [0.29, 0.717) is 0 Å². The molecule has 0 atom stereocenters. The fraction of sp³-hybridized carbons (Fsp3) is 0.125. The van der Waals surface area contributed by atoms with E-state index in [4.69, 9.17) is 0 Å². The predicted octanol–water partition coefficient (Wildman–Crippen LogP) is 0.654. The maximum absolute atomic E-state index is 9.40. The molecular weight excluding hydrogens is 151 g/mol. The molecule has 0 aromatic rings. The molecule has 0 radical (unpaired) electrons. The van der Waals surface area contributed by atoms with Crippen molar-refractivity contribution in [1.82, 2.24) is 5.34 Å². The molecule has 62 valence electrons. The van der Waals surface area contributed by atoms with E-state index >= 15 is 0 Å². The first-order valence-electron chi connectivity index (χ1n) is 3.72. The van der Waals surface area contributed by atoms with Gasteiger partial charge in [-0.2, -0.15) is 5.10 Å². The Hall–Kier alpha value is -1.29. The van der Waals surface area contributed by atoms with Crippen LogP contribution in [0, 0.1) is 0 Å². The first kappa shape index (κ1) is 8.81. The van der Waals surface area contributed by atoms with Crippen LogP contribution in [0.2, 0.25) is 0 Å². The van der Waals surface area contributed by atoms with Gasteiger partial charge in [0, 0.05) is 6.21 Å². The van der Waals surface area contributed by atoms with Gasteiger partial charge in [0.2, 0.25) is 0 Å². The summed E-state index contributed by atoms with van der Waals surface area (Å²) in [4.78, 5) is 0. The standard InChI is InChI=1S/C8H11BN2O/c1-3-4-5-8-7(2)6-10-11-9(8)12/h3-6,11-12H,1H2,2H3/b5-4-. The highest BCUT2D eigenvalue weighted by atomic mass is 16.2. The Morgan fingerprint density at radius 2 is 2.50 bits per heavy atom. The molecule has 4 heteroatoms. The molecule has 1 rings (SSSR count). The molecule has 0 bridgehead atoms. The third-order valence-electron chi connectivity index (χ3n) is 1.62. The Bertz CT molecular complexity index is 268. The Labute approximate surface area is 72.3 Å². The SMILES string of the molecule is C=C/C=C\C1=C(C)C=NNB1O. The van der Waals surface area contributed by atoms with Crippen LogP contribution in [0.25, 0.3) is 0 Å². The zero-order valence-electron chi connectivity index (χ0n) is 6.99. The van der Waals surface area contributed by atoms with Crippen LogP contribution in [0.1, 0.15) is 6.92 Å². The summed E-state index contributed by atoms with van der Waals surface area (Å²) in [5, 5.41) is 15.7. The minimum absolute atomic E-state index is 0.703. The number of allylic oxidation sites excluding steroid dienone is 5. The van der Waals surface area contributed by atoms with Crippen molar-refractivity contribution < 1.29 is 5.02 Å². The largest absolute Gasteiger partial charge is 0.463 e. The fourth-order valence-electron chi connectivity index (χ4n) is 0.959. The van der Waals surface area contributed by atoms with Crippen molar-refractivity contribution >= 4 is 13.3 Å². The Morgan fingerprint density at radius 1 is 1.75 bits per heavy atom. The van der Waals surface area contributed by atoms with Gasteiger partial charge in [-0.3, -0.25) is 0 Å². The average Bonchev–Trinajstić information content (AvgIpc) is 2.04. The van der Waals surface area contributed by atoms with Gasteiger partial charge in [0.25, 0.3) is 0 Å². The van der Waals surface area contributed by atoms with Crippen LogP contribution in [0.15, 0.2) is 41.0 Å². The molecule has 0 aromatic heterocycles. The third-order valence-corrected chi connectivity index (χ3v) is 1.62.